The van der Waals surface area contributed by atoms with Crippen molar-refractivity contribution in [3.8, 4) is 0 Å². The van der Waals surface area contributed by atoms with Crippen molar-refractivity contribution in [1.29, 1.82) is 0 Å². The van der Waals surface area contributed by atoms with E-state index in [0.717, 1.165) is 4.47 Å². The fraction of sp³-hybridized carbons (Fsp3) is 0.286. The number of amides is 1. The summed E-state index contributed by atoms with van der Waals surface area (Å²) in [4.78, 5) is 16.2. The van der Waals surface area contributed by atoms with Crippen molar-refractivity contribution in [2.24, 2.45) is 11.7 Å². The van der Waals surface area contributed by atoms with Crippen LogP contribution in [0.4, 0.5) is 5.69 Å². The zero-order chi connectivity index (χ0) is 14.7. The largest absolute Gasteiger partial charge is 0.446 e. The molecule has 6 heteroatoms. The number of anilines is 1. The first-order chi connectivity index (χ1) is 9.47. The van der Waals surface area contributed by atoms with Gasteiger partial charge in [0.1, 0.15) is 6.26 Å². The van der Waals surface area contributed by atoms with E-state index in [9.17, 15) is 4.79 Å². The van der Waals surface area contributed by atoms with E-state index in [0.29, 0.717) is 11.6 Å². The Bertz CT molecular complexity index is 610. The number of nitrogens with one attached hydrogen (secondary N) is 1. The van der Waals surface area contributed by atoms with Crippen molar-refractivity contribution in [3.63, 3.8) is 0 Å². The molecule has 0 aliphatic heterocycles. The summed E-state index contributed by atoms with van der Waals surface area (Å²) >= 11 is 3.35. The Hall–Kier alpha value is -1.66. The van der Waals surface area contributed by atoms with Crippen LogP contribution in [0.2, 0.25) is 0 Å². The smallest absolute Gasteiger partial charge is 0.277 e. The molecule has 5 nitrogen and oxygen atoms in total. The number of hydrogen-bond donors (Lipinski definition) is 2. The number of oxazole rings is 1. The molecule has 0 bridgehead atoms. The van der Waals surface area contributed by atoms with Crippen LogP contribution in [0.5, 0.6) is 0 Å². The van der Waals surface area contributed by atoms with Gasteiger partial charge < -0.3 is 15.5 Å². The van der Waals surface area contributed by atoms with Crippen LogP contribution >= 0.6 is 15.9 Å². The zero-order valence-electron chi connectivity index (χ0n) is 11.3. The minimum Gasteiger partial charge on any atom is -0.446 e. The van der Waals surface area contributed by atoms with Crippen LogP contribution in [0.3, 0.4) is 0 Å². The van der Waals surface area contributed by atoms with Gasteiger partial charge in [-0.25, -0.2) is 4.98 Å². The molecule has 0 saturated carbocycles. The molecule has 1 heterocycles. The van der Waals surface area contributed by atoms with Crippen LogP contribution in [0, 0.1) is 5.92 Å². The summed E-state index contributed by atoms with van der Waals surface area (Å²) in [6, 6.07) is 7.00. The lowest BCUT2D eigenvalue weighted by Crippen LogP contribution is -2.18. The third kappa shape index (κ3) is 3.46. The van der Waals surface area contributed by atoms with Crippen LogP contribution < -0.4 is 11.1 Å². The quantitative estimate of drug-likeness (QED) is 0.896. The number of carbonyl (C=O) groups is 1. The maximum Gasteiger partial charge on any atom is 0.277 e. The Morgan fingerprint density at radius 2 is 2.20 bits per heavy atom. The van der Waals surface area contributed by atoms with Crippen LogP contribution in [0.1, 0.15) is 36.3 Å². The molecule has 2 aromatic rings. The molecule has 0 fully saturated rings. The second-order valence-corrected chi connectivity index (χ2v) is 5.72. The number of nitrogens with two attached hydrogens (primary N) is 1. The first-order valence-electron chi connectivity index (χ1n) is 6.25. The van der Waals surface area contributed by atoms with Crippen LogP contribution in [0.15, 0.2) is 39.4 Å². The lowest BCUT2D eigenvalue weighted by atomic mass is 10.1. The van der Waals surface area contributed by atoms with Gasteiger partial charge >= 0.3 is 0 Å². The third-order valence-corrected chi connectivity index (χ3v) is 3.33. The zero-order valence-corrected chi connectivity index (χ0v) is 12.8. The minimum atomic E-state index is -0.325. The number of rotatable bonds is 4. The molecule has 0 aliphatic rings. The Kier molecular flexibility index (Phi) is 4.57. The van der Waals surface area contributed by atoms with Gasteiger partial charge in [-0.05, 0) is 24.1 Å². The van der Waals surface area contributed by atoms with Gasteiger partial charge in [-0.2, -0.15) is 0 Å². The van der Waals surface area contributed by atoms with E-state index in [2.05, 4.69) is 26.2 Å². The van der Waals surface area contributed by atoms with E-state index >= 15 is 0 Å². The number of nitrogens with zero attached hydrogens (tertiary/aromatic N) is 1. The molecule has 1 amide bonds. The Balaban J connectivity index is 2.10. The van der Waals surface area contributed by atoms with Crippen LogP contribution in [0.25, 0.3) is 0 Å². The van der Waals surface area contributed by atoms with Crippen molar-refractivity contribution in [1.82, 2.24) is 4.98 Å². The number of benzene rings is 1. The fourth-order valence-corrected chi connectivity index (χ4v) is 1.99. The lowest BCUT2D eigenvalue weighted by Gasteiger charge is -2.10. The highest BCUT2D eigenvalue weighted by molar-refractivity contribution is 9.10. The molecular formula is C14H16BrN3O2. The van der Waals surface area contributed by atoms with Crippen molar-refractivity contribution >= 4 is 27.5 Å². The van der Waals surface area contributed by atoms with E-state index in [1.807, 2.05) is 26.0 Å². The first kappa shape index (κ1) is 14.7. The summed E-state index contributed by atoms with van der Waals surface area (Å²) in [6.07, 6.45) is 1.32. The first-order valence-corrected chi connectivity index (χ1v) is 7.04. The number of aromatic nitrogens is 1. The number of carbonyl (C=O) groups excluding carboxylic acids is 1. The standard InChI is InChI=1S/C14H16BrN3O2/c1-8(2)12(16)14-18-11(7-20-14)13(19)17-10-5-3-4-9(15)6-10/h3-8,12H,16H2,1-2H3,(H,17,19). The lowest BCUT2D eigenvalue weighted by molar-refractivity contribution is 0.102. The summed E-state index contributed by atoms with van der Waals surface area (Å²) in [5, 5.41) is 2.75. The summed E-state index contributed by atoms with van der Waals surface area (Å²) in [7, 11) is 0. The highest BCUT2D eigenvalue weighted by Crippen LogP contribution is 2.19. The molecule has 1 aromatic carbocycles. The number of hydrogen-bond acceptors (Lipinski definition) is 4. The van der Waals surface area contributed by atoms with E-state index in [-0.39, 0.29) is 23.6 Å². The average molecular weight is 338 g/mol. The maximum atomic E-state index is 12.0. The fourth-order valence-electron chi connectivity index (χ4n) is 1.59. The Morgan fingerprint density at radius 1 is 1.45 bits per heavy atom. The Morgan fingerprint density at radius 3 is 2.85 bits per heavy atom. The molecular weight excluding hydrogens is 322 g/mol. The SMILES string of the molecule is CC(C)C(N)c1nc(C(=O)Nc2cccc(Br)c2)co1. The van der Waals surface area contributed by atoms with Gasteiger partial charge in [-0.15, -0.1) is 0 Å². The summed E-state index contributed by atoms with van der Waals surface area (Å²) < 4.78 is 6.15. The molecule has 0 radical (unpaired) electrons. The van der Waals surface area contributed by atoms with Gasteiger partial charge in [0.05, 0.1) is 6.04 Å². The molecule has 0 spiro atoms. The van der Waals surface area contributed by atoms with E-state index in [1.165, 1.54) is 6.26 Å². The third-order valence-electron chi connectivity index (χ3n) is 2.84. The topological polar surface area (TPSA) is 81.1 Å². The second kappa shape index (κ2) is 6.19. The number of halogens is 1. The van der Waals surface area contributed by atoms with Gasteiger partial charge in [-0.3, -0.25) is 4.79 Å². The monoisotopic (exact) mass is 337 g/mol. The normalized spacial score (nSPS) is 12.4. The predicted octanol–water partition coefficient (Wildman–Crippen LogP) is 3.35. The summed E-state index contributed by atoms with van der Waals surface area (Å²) in [5.74, 6) is 0.239. The molecule has 0 saturated heterocycles. The highest BCUT2D eigenvalue weighted by Gasteiger charge is 2.19. The second-order valence-electron chi connectivity index (χ2n) is 4.81. The van der Waals surface area contributed by atoms with Crippen molar-refractivity contribution in [2.45, 2.75) is 19.9 Å². The maximum absolute atomic E-state index is 12.0. The van der Waals surface area contributed by atoms with Crippen molar-refractivity contribution in [2.75, 3.05) is 5.32 Å². The molecule has 1 aromatic heterocycles. The Labute approximate surface area is 125 Å². The van der Waals surface area contributed by atoms with Gasteiger partial charge in [0.15, 0.2) is 5.69 Å². The summed E-state index contributed by atoms with van der Waals surface area (Å²) in [5.41, 5.74) is 6.83. The molecule has 3 N–H and O–H groups in total. The molecule has 20 heavy (non-hydrogen) atoms. The van der Waals surface area contributed by atoms with E-state index in [1.54, 1.807) is 12.1 Å². The average Bonchev–Trinajstić information content (AvgIpc) is 2.87. The van der Waals surface area contributed by atoms with Crippen molar-refractivity contribution < 1.29 is 9.21 Å². The predicted molar refractivity (Wildman–Crippen MR) is 80.4 cm³/mol. The van der Waals surface area contributed by atoms with Crippen LogP contribution in [-0.2, 0) is 0 Å². The molecule has 1 unspecified atom stereocenters. The van der Waals surface area contributed by atoms with Gasteiger partial charge in [0.25, 0.3) is 5.91 Å². The van der Waals surface area contributed by atoms with Crippen LogP contribution in [-0.4, -0.2) is 10.9 Å². The van der Waals surface area contributed by atoms with Gasteiger partial charge in [0.2, 0.25) is 5.89 Å². The molecule has 2 rings (SSSR count). The van der Waals surface area contributed by atoms with Gasteiger partial charge in [0, 0.05) is 10.2 Å². The summed E-state index contributed by atoms with van der Waals surface area (Å²) in [6.45, 7) is 3.94. The van der Waals surface area contributed by atoms with Crippen molar-refractivity contribution in [3.05, 3.63) is 46.6 Å². The highest BCUT2D eigenvalue weighted by atomic mass is 79.9. The van der Waals surface area contributed by atoms with E-state index < -0.39 is 0 Å². The van der Waals surface area contributed by atoms with Gasteiger partial charge in [-0.1, -0.05) is 35.8 Å². The molecule has 106 valence electrons. The molecule has 1 atom stereocenters. The minimum absolute atomic E-state index is 0.189. The molecule has 0 aliphatic carbocycles. The van der Waals surface area contributed by atoms with E-state index in [4.69, 9.17) is 10.2 Å².